The Bertz CT molecular complexity index is 958. The van der Waals surface area contributed by atoms with Crippen LogP contribution >= 0.6 is 0 Å². The molecule has 6 nitrogen and oxygen atoms in total. The topological polar surface area (TPSA) is 67.4 Å². The fourth-order valence-electron chi connectivity index (χ4n) is 3.38. The van der Waals surface area contributed by atoms with Gasteiger partial charge in [0.05, 0.1) is 36.5 Å². The molecule has 1 saturated heterocycles. The first-order valence-electron chi connectivity index (χ1n) is 9.28. The van der Waals surface area contributed by atoms with E-state index in [1.54, 1.807) is 12.1 Å². The lowest BCUT2D eigenvalue weighted by Gasteiger charge is -2.34. The Hall–Kier alpha value is -2.90. The van der Waals surface area contributed by atoms with E-state index in [0.29, 0.717) is 25.3 Å². The fraction of sp³-hybridized carbons (Fsp3) is 0.286. The molecular weight excluding hydrogens is 359 g/mol. The number of fused-ring (bicyclic) bond motifs is 1. The highest BCUT2D eigenvalue weighted by Gasteiger charge is 2.23. The van der Waals surface area contributed by atoms with Gasteiger partial charge >= 0.3 is 0 Å². The van der Waals surface area contributed by atoms with Gasteiger partial charge in [0.15, 0.2) is 0 Å². The number of carbonyl (C=O) groups is 1. The van der Waals surface area contributed by atoms with E-state index in [0.717, 1.165) is 24.2 Å². The number of carbonyl (C=O) groups excluding carboxylic acids is 1. The van der Waals surface area contributed by atoms with E-state index >= 15 is 0 Å². The van der Waals surface area contributed by atoms with Gasteiger partial charge in [0.1, 0.15) is 11.5 Å². The monoisotopic (exact) mass is 380 g/mol. The van der Waals surface area contributed by atoms with Gasteiger partial charge in [-0.2, -0.15) is 0 Å². The number of aromatic nitrogens is 2. The number of amides is 1. The maximum atomic E-state index is 13.3. The van der Waals surface area contributed by atoms with Gasteiger partial charge in [0.2, 0.25) is 0 Å². The van der Waals surface area contributed by atoms with Gasteiger partial charge < -0.3 is 10.1 Å². The van der Waals surface area contributed by atoms with Gasteiger partial charge in [-0.05, 0) is 29.8 Å². The van der Waals surface area contributed by atoms with Crippen LogP contribution in [0, 0.1) is 5.82 Å². The molecule has 0 spiro atoms. The Morgan fingerprint density at radius 2 is 1.82 bits per heavy atom. The summed E-state index contributed by atoms with van der Waals surface area (Å²) in [6, 6.07) is 13.8. The molecule has 0 aliphatic carbocycles. The maximum absolute atomic E-state index is 13.3. The molecule has 2 heterocycles. The first-order chi connectivity index (χ1) is 13.7. The molecule has 7 heteroatoms. The van der Waals surface area contributed by atoms with Crippen LogP contribution in [0.3, 0.4) is 0 Å². The smallest absolute Gasteiger partial charge is 0.271 e. The Morgan fingerprint density at radius 3 is 2.57 bits per heavy atom. The highest BCUT2D eigenvalue weighted by atomic mass is 19.1. The molecule has 4 rings (SSSR count). The second-order valence-corrected chi connectivity index (χ2v) is 6.67. The second-order valence-electron chi connectivity index (χ2n) is 6.67. The van der Waals surface area contributed by atoms with E-state index in [9.17, 15) is 9.18 Å². The highest BCUT2D eigenvalue weighted by molar-refractivity contribution is 5.93. The number of nitrogens with zero attached hydrogens (tertiary/aromatic N) is 3. The summed E-state index contributed by atoms with van der Waals surface area (Å²) >= 11 is 0. The van der Waals surface area contributed by atoms with Crippen LogP contribution in [0.4, 0.5) is 4.39 Å². The molecular formula is C21H21FN4O2. The maximum Gasteiger partial charge on any atom is 0.271 e. The third-order valence-corrected chi connectivity index (χ3v) is 4.88. The first kappa shape index (κ1) is 18.5. The number of hydrogen-bond acceptors (Lipinski definition) is 5. The predicted molar refractivity (Wildman–Crippen MR) is 103 cm³/mol. The number of hydrogen-bond donors (Lipinski definition) is 1. The minimum absolute atomic E-state index is 0.0677. The summed E-state index contributed by atoms with van der Waals surface area (Å²) < 4.78 is 18.8. The standard InChI is InChI=1S/C21H21FN4O2/c22-16-7-5-15(6-8-16)20(26-9-11-28-12-10-26)14-24-21(27)19-13-23-17-3-1-2-4-18(17)25-19/h1-8,13,20H,9-12,14H2,(H,24,27). The van der Waals surface area contributed by atoms with E-state index in [2.05, 4.69) is 20.2 Å². The zero-order chi connectivity index (χ0) is 19.3. The van der Waals surface area contributed by atoms with Crippen LogP contribution in [0.1, 0.15) is 22.1 Å². The van der Waals surface area contributed by atoms with Gasteiger partial charge in [-0.25, -0.2) is 9.37 Å². The van der Waals surface area contributed by atoms with Crippen molar-refractivity contribution < 1.29 is 13.9 Å². The molecule has 0 saturated carbocycles. The Labute approximate surface area is 162 Å². The molecule has 0 bridgehead atoms. The molecule has 2 aromatic carbocycles. The van der Waals surface area contributed by atoms with E-state index in [1.807, 2.05) is 24.3 Å². The molecule has 1 aliphatic rings. The molecule has 1 N–H and O–H groups in total. The van der Waals surface area contributed by atoms with Gasteiger partial charge in [-0.3, -0.25) is 14.7 Å². The minimum atomic E-state index is -0.279. The largest absolute Gasteiger partial charge is 0.379 e. The number of para-hydroxylation sites is 2. The molecule has 144 valence electrons. The first-order valence-corrected chi connectivity index (χ1v) is 9.28. The number of nitrogens with one attached hydrogen (secondary N) is 1. The summed E-state index contributed by atoms with van der Waals surface area (Å²) in [5.41, 5.74) is 2.65. The molecule has 0 radical (unpaired) electrons. The number of benzene rings is 2. The lowest BCUT2D eigenvalue weighted by Crippen LogP contribution is -2.44. The Morgan fingerprint density at radius 1 is 1.11 bits per heavy atom. The van der Waals surface area contributed by atoms with Crippen molar-refractivity contribution in [3.05, 3.63) is 71.8 Å². The highest BCUT2D eigenvalue weighted by Crippen LogP contribution is 2.22. The summed E-state index contributed by atoms with van der Waals surface area (Å²) in [7, 11) is 0. The van der Waals surface area contributed by atoms with Crippen molar-refractivity contribution in [2.45, 2.75) is 6.04 Å². The van der Waals surface area contributed by atoms with Crippen LogP contribution < -0.4 is 5.32 Å². The number of halogens is 1. The van der Waals surface area contributed by atoms with E-state index in [4.69, 9.17) is 4.74 Å². The summed E-state index contributed by atoms with van der Waals surface area (Å²) in [6.45, 7) is 3.18. The van der Waals surface area contributed by atoms with E-state index in [1.165, 1.54) is 18.3 Å². The van der Waals surface area contributed by atoms with Crippen molar-refractivity contribution in [2.24, 2.45) is 0 Å². The third-order valence-electron chi connectivity index (χ3n) is 4.88. The zero-order valence-corrected chi connectivity index (χ0v) is 15.3. The summed E-state index contributed by atoms with van der Waals surface area (Å²) in [5, 5.41) is 2.96. The molecule has 28 heavy (non-hydrogen) atoms. The summed E-state index contributed by atoms with van der Waals surface area (Å²) in [4.78, 5) is 23.6. The van der Waals surface area contributed by atoms with Crippen molar-refractivity contribution >= 4 is 16.9 Å². The number of ether oxygens (including phenoxy) is 1. The van der Waals surface area contributed by atoms with Crippen LogP contribution in [0.25, 0.3) is 11.0 Å². The number of rotatable bonds is 5. The van der Waals surface area contributed by atoms with Crippen LogP contribution in [-0.4, -0.2) is 53.6 Å². The molecule has 1 unspecified atom stereocenters. The van der Waals surface area contributed by atoms with Crippen LogP contribution in [0.5, 0.6) is 0 Å². The predicted octanol–water partition coefficient (Wildman–Crippen LogP) is 2.57. The lowest BCUT2D eigenvalue weighted by atomic mass is 10.0. The normalized spacial score (nSPS) is 16.0. The average Bonchev–Trinajstić information content (AvgIpc) is 2.75. The molecule has 1 aromatic heterocycles. The SMILES string of the molecule is O=C(NCC(c1ccc(F)cc1)N1CCOCC1)c1cnc2ccccc2n1. The van der Waals surface area contributed by atoms with Crippen LogP contribution in [0.2, 0.25) is 0 Å². The molecule has 1 atom stereocenters. The molecule has 3 aromatic rings. The van der Waals surface area contributed by atoms with Crippen molar-refractivity contribution in [3.63, 3.8) is 0 Å². The summed E-state index contributed by atoms with van der Waals surface area (Å²) in [5.74, 6) is -0.557. The molecule has 1 amide bonds. The average molecular weight is 380 g/mol. The van der Waals surface area contributed by atoms with Crippen molar-refractivity contribution in [1.82, 2.24) is 20.2 Å². The van der Waals surface area contributed by atoms with Crippen molar-refractivity contribution in [1.29, 1.82) is 0 Å². The lowest BCUT2D eigenvalue weighted by molar-refractivity contribution is 0.0162. The van der Waals surface area contributed by atoms with Crippen LogP contribution in [-0.2, 0) is 4.74 Å². The van der Waals surface area contributed by atoms with Gasteiger partial charge in [0, 0.05) is 19.6 Å². The van der Waals surface area contributed by atoms with Crippen molar-refractivity contribution in [3.8, 4) is 0 Å². The van der Waals surface area contributed by atoms with Gasteiger partial charge in [0.25, 0.3) is 5.91 Å². The van der Waals surface area contributed by atoms with E-state index < -0.39 is 0 Å². The zero-order valence-electron chi connectivity index (χ0n) is 15.3. The van der Waals surface area contributed by atoms with Crippen LogP contribution in [0.15, 0.2) is 54.7 Å². The summed E-state index contributed by atoms with van der Waals surface area (Å²) in [6.07, 6.45) is 1.49. The Balaban J connectivity index is 1.50. The fourth-order valence-corrected chi connectivity index (χ4v) is 3.38. The number of morpholine rings is 1. The van der Waals surface area contributed by atoms with E-state index in [-0.39, 0.29) is 23.5 Å². The Kier molecular flexibility index (Phi) is 5.55. The van der Waals surface area contributed by atoms with Gasteiger partial charge in [-0.15, -0.1) is 0 Å². The molecule has 1 fully saturated rings. The second kappa shape index (κ2) is 8.41. The quantitative estimate of drug-likeness (QED) is 0.737. The molecule has 1 aliphatic heterocycles. The van der Waals surface area contributed by atoms with Gasteiger partial charge in [-0.1, -0.05) is 24.3 Å². The van der Waals surface area contributed by atoms with Crippen molar-refractivity contribution in [2.75, 3.05) is 32.8 Å². The minimum Gasteiger partial charge on any atom is -0.379 e. The third kappa shape index (κ3) is 4.16.